The molecular weight excluding hydrogens is 588 g/mol. The molecule has 3 heterocycles. The molecule has 0 spiro atoms. The summed E-state index contributed by atoms with van der Waals surface area (Å²) in [5.41, 5.74) is 5.73. The Hall–Kier alpha value is -4.51. The molecule has 9 nitrogen and oxygen atoms in total. The van der Waals surface area contributed by atoms with E-state index in [4.69, 9.17) is 19.6 Å². The van der Waals surface area contributed by atoms with Crippen molar-refractivity contribution in [2.45, 2.75) is 45.3 Å². The fraction of sp³-hybridized carbons (Fsp3) is 0.286. The van der Waals surface area contributed by atoms with Gasteiger partial charge in [0.2, 0.25) is 6.29 Å². The largest absolute Gasteiger partial charge is 0.459 e. The van der Waals surface area contributed by atoms with Gasteiger partial charge in [0.25, 0.3) is 11.5 Å². The lowest BCUT2D eigenvalue weighted by atomic mass is 9.93. The van der Waals surface area contributed by atoms with Crippen LogP contribution in [-0.4, -0.2) is 44.9 Å². The van der Waals surface area contributed by atoms with Crippen LogP contribution in [0.5, 0.6) is 0 Å². The topological polar surface area (TPSA) is 108 Å². The Balaban J connectivity index is 1.25. The lowest BCUT2D eigenvalue weighted by Gasteiger charge is -2.29. The number of thiazole rings is 1. The molecule has 0 saturated carbocycles. The van der Waals surface area contributed by atoms with Crippen molar-refractivity contribution < 1.29 is 19.4 Å². The molecule has 0 aliphatic carbocycles. The molecule has 3 aromatic carbocycles. The van der Waals surface area contributed by atoms with Crippen molar-refractivity contribution in [3.05, 3.63) is 112 Å². The number of hydrogen-bond donors (Lipinski definition) is 2. The van der Waals surface area contributed by atoms with Gasteiger partial charge in [0.05, 0.1) is 22.5 Å². The minimum absolute atomic E-state index is 0.0741. The fourth-order valence-corrected chi connectivity index (χ4v) is 6.68. The van der Waals surface area contributed by atoms with Crippen LogP contribution in [-0.2, 0) is 21.3 Å². The van der Waals surface area contributed by atoms with Gasteiger partial charge in [-0.05, 0) is 86.9 Å². The SMILES string of the molecule is Cc1ccc2nc(-c3ccc(NC(=O)C4=C[C@H](c5c(C)n(C)n(-c6ccccc6)c5=O)C[C@H](OCCCCO)O4)cc3)sc2c1. The van der Waals surface area contributed by atoms with Crippen LogP contribution in [0.3, 0.4) is 0 Å². The highest BCUT2D eigenvalue weighted by molar-refractivity contribution is 7.21. The molecule has 0 bridgehead atoms. The summed E-state index contributed by atoms with van der Waals surface area (Å²) in [5, 5.41) is 13.0. The average molecular weight is 625 g/mol. The Morgan fingerprint density at radius 2 is 1.87 bits per heavy atom. The molecule has 45 heavy (non-hydrogen) atoms. The highest BCUT2D eigenvalue weighted by Gasteiger charge is 2.33. The number of ether oxygens (including phenoxy) is 2. The third kappa shape index (κ3) is 6.49. The van der Waals surface area contributed by atoms with Crippen molar-refractivity contribution in [2.75, 3.05) is 18.5 Å². The first kappa shape index (κ1) is 30.5. The predicted octanol–water partition coefficient (Wildman–Crippen LogP) is 6.21. The lowest BCUT2D eigenvalue weighted by molar-refractivity contribution is -0.143. The monoisotopic (exact) mass is 624 g/mol. The minimum atomic E-state index is -0.728. The second kappa shape index (κ2) is 13.2. The second-order valence-electron chi connectivity index (χ2n) is 11.2. The first-order chi connectivity index (χ1) is 21.8. The van der Waals surface area contributed by atoms with E-state index in [-0.39, 0.29) is 17.9 Å². The number of carbonyl (C=O) groups is 1. The number of para-hydroxylation sites is 1. The van der Waals surface area contributed by atoms with Crippen molar-refractivity contribution in [2.24, 2.45) is 7.05 Å². The lowest BCUT2D eigenvalue weighted by Crippen LogP contribution is -2.31. The summed E-state index contributed by atoms with van der Waals surface area (Å²) in [4.78, 5) is 32.1. The number of aryl methyl sites for hydroxylation is 1. The Bertz CT molecular complexity index is 1910. The third-order valence-electron chi connectivity index (χ3n) is 8.04. The van der Waals surface area contributed by atoms with Gasteiger partial charge in [-0.25, -0.2) is 9.67 Å². The number of rotatable bonds is 10. The molecule has 1 aliphatic heterocycles. The van der Waals surface area contributed by atoms with Gasteiger partial charge in [0, 0.05) is 48.5 Å². The standard InChI is InChI=1S/C35H36N4O5S/c1-22-11-16-28-30(19-22)45-34(37-28)24-12-14-26(15-13-24)36-33(41)29-20-25(21-31(44-29)43-18-8-7-17-40)32-23(2)38(3)39(35(32)42)27-9-5-4-6-10-27/h4-6,9-16,19-20,25,31,40H,7-8,17-18,21H2,1-3H3,(H,36,41)/t25-,31+/m0/s1. The zero-order valence-electron chi connectivity index (χ0n) is 25.5. The number of nitrogens with one attached hydrogen (secondary N) is 1. The van der Waals surface area contributed by atoms with E-state index in [1.165, 1.54) is 5.56 Å². The Kier molecular flexibility index (Phi) is 8.97. The number of unbranched alkanes of at least 4 members (excludes halogenated alkanes) is 1. The number of carbonyl (C=O) groups excluding carboxylic acids is 1. The van der Waals surface area contributed by atoms with Gasteiger partial charge in [0.1, 0.15) is 5.01 Å². The number of allylic oxidation sites excluding steroid dienone is 1. The van der Waals surface area contributed by atoms with Gasteiger partial charge in [-0.15, -0.1) is 11.3 Å². The van der Waals surface area contributed by atoms with E-state index < -0.39 is 18.1 Å². The van der Waals surface area contributed by atoms with Crippen LogP contribution in [0.15, 0.2) is 89.4 Å². The highest BCUT2D eigenvalue weighted by Crippen LogP contribution is 2.34. The van der Waals surface area contributed by atoms with Crippen molar-refractivity contribution >= 4 is 33.1 Å². The molecular formula is C35H36N4O5S. The molecule has 5 aromatic rings. The predicted molar refractivity (Wildman–Crippen MR) is 177 cm³/mol. The van der Waals surface area contributed by atoms with E-state index in [1.807, 2.05) is 79.3 Å². The zero-order valence-corrected chi connectivity index (χ0v) is 26.3. The highest BCUT2D eigenvalue weighted by atomic mass is 32.1. The van der Waals surface area contributed by atoms with E-state index >= 15 is 0 Å². The Morgan fingerprint density at radius 1 is 1.09 bits per heavy atom. The van der Waals surface area contributed by atoms with Crippen LogP contribution in [0.25, 0.3) is 26.5 Å². The molecule has 232 valence electrons. The van der Waals surface area contributed by atoms with Crippen molar-refractivity contribution in [3.63, 3.8) is 0 Å². The summed E-state index contributed by atoms with van der Waals surface area (Å²) in [6.45, 7) is 4.41. The smallest absolute Gasteiger partial charge is 0.290 e. The summed E-state index contributed by atoms with van der Waals surface area (Å²) in [6, 6.07) is 23.2. The van der Waals surface area contributed by atoms with Crippen molar-refractivity contribution in [1.29, 1.82) is 0 Å². The van der Waals surface area contributed by atoms with Gasteiger partial charge in [-0.1, -0.05) is 24.3 Å². The van der Waals surface area contributed by atoms with Crippen LogP contribution in [0.2, 0.25) is 0 Å². The molecule has 0 saturated heterocycles. The molecule has 0 unspecified atom stereocenters. The normalized spacial score (nSPS) is 16.4. The number of aromatic nitrogens is 3. The quantitative estimate of drug-likeness (QED) is 0.179. The number of fused-ring (bicyclic) bond motifs is 1. The van der Waals surface area contributed by atoms with Crippen LogP contribution in [0, 0.1) is 13.8 Å². The first-order valence-electron chi connectivity index (χ1n) is 15.1. The van der Waals surface area contributed by atoms with Crippen LogP contribution in [0.1, 0.15) is 42.0 Å². The molecule has 10 heteroatoms. The van der Waals surface area contributed by atoms with Gasteiger partial charge >= 0.3 is 0 Å². The molecule has 0 radical (unpaired) electrons. The zero-order chi connectivity index (χ0) is 31.5. The summed E-state index contributed by atoms with van der Waals surface area (Å²) < 4.78 is 16.6. The maximum Gasteiger partial charge on any atom is 0.290 e. The third-order valence-corrected chi connectivity index (χ3v) is 9.11. The number of aliphatic hydroxyl groups is 1. The molecule has 2 aromatic heterocycles. The maximum absolute atomic E-state index is 13.8. The number of amides is 1. The summed E-state index contributed by atoms with van der Waals surface area (Å²) in [5.74, 6) is -0.738. The second-order valence-corrected chi connectivity index (χ2v) is 12.2. The minimum Gasteiger partial charge on any atom is -0.459 e. The number of hydrogen-bond acceptors (Lipinski definition) is 7. The first-order valence-corrected chi connectivity index (χ1v) is 15.9. The van der Waals surface area contributed by atoms with E-state index in [9.17, 15) is 9.59 Å². The summed E-state index contributed by atoms with van der Waals surface area (Å²) in [6.07, 6.45) is 2.62. The van der Waals surface area contributed by atoms with Crippen LogP contribution >= 0.6 is 11.3 Å². The van der Waals surface area contributed by atoms with Crippen molar-refractivity contribution in [1.82, 2.24) is 14.3 Å². The Morgan fingerprint density at radius 3 is 2.62 bits per heavy atom. The van der Waals surface area contributed by atoms with Crippen molar-refractivity contribution in [3.8, 4) is 16.3 Å². The van der Waals surface area contributed by atoms with Gasteiger partial charge in [0.15, 0.2) is 5.76 Å². The van der Waals surface area contributed by atoms with E-state index in [2.05, 4.69) is 24.4 Å². The molecule has 6 rings (SSSR count). The van der Waals surface area contributed by atoms with E-state index in [1.54, 1.807) is 22.1 Å². The molecule has 2 N–H and O–H groups in total. The number of benzene rings is 3. The molecule has 0 fully saturated rings. The van der Waals surface area contributed by atoms with Gasteiger partial charge in [-0.2, -0.15) is 0 Å². The van der Waals surface area contributed by atoms with Crippen LogP contribution < -0.4 is 10.9 Å². The number of nitrogens with zero attached hydrogens (tertiary/aromatic N) is 3. The van der Waals surface area contributed by atoms with E-state index in [0.29, 0.717) is 37.1 Å². The van der Waals surface area contributed by atoms with Gasteiger partial charge < -0.3 is 19.9 Å². The van der Waals surface area contributed by atoms with Crippen LogP contribution in [0.4, 0.5) is 5.69 Å². The van der Waals surface area contributed by atoms with E-state index in [0.717, 1.165) is 32.2 Å². The summed E-state index contributed by atoms with van der Waals surface area (Å²) in [7, 11) is 1.85. The number of anilines is 1. The number of aliphatic hydroxyl groups excluding tert-OH is 1. The summed E-state index contributed by atoms with van der Waals surface area (Å²) >= 11 is 1.63. The Labute approximate surface area is 265 Å². The molecule has 1 aliphatic rings. The fourth-order valence-electron chi connectivity index (χ4n) is 5.61. The van der Waals surface area contributed by atoms with Gasteiger partial charge in [-0.3, -0.25) is 14.3 Å². The molecule has 2 atom stereocenters. The maximum atomic E-state index is 13.8. The molecule has 1 amide bonds. The average Bonchev–Trinajstić information content (AvgIpc) is 3.56.